The van der Waals surface area contributed by atoms with Gasteiger partial charge in [-0.05, 0) is 44.4 Å². The van der Waals surface area contributed by atoms with Gasteiger partial charge in [0.2, 0.25) is 0 Å². The van der Waals surface area contributed by atoms with Crippen molar-refractivity contribution in [3.05, 3.63) is 35.6 Å². The van der Waals surface area contributed by atoms with E-state index in [2.05, 4.69) is 10.5 Å². The van der Waals surface area contributed by atoms with Gasteiger partial charge in [-0.2, -0.15) is 0 Å². The van der Waals surface area contributed by atoms with Gasteiger partial charge in [-0.15, -0.1) is 0 Å². The lowest BCUT2D eigenvalue weighted by Crippen LogP contribution is -2.38. The Hall–Kier alpha value is -0.753. The van der Waals surface area contributed by atoms with Gasteiger partial charge in [-0.25, -0.2) is 4.39 Å². The molecule has 0 N–H and O–H groups in total. The monoisotopic (exact) mass is 283 g/mol. The minimum atomic E-state index is -1.06. The molecule has 1 rings (SSSR count). The minimum absolute atomic E-state index is 0.213. The predicted octanol–water partition coefficient (Wildman–Crippen LogP) is 2.98. The standard InChI is InChI=1S/C14H20FO3Si/c1-3-16-14(18-19,17-4-2)10-6-8-12-7-5-9-13(15)11-12/h5,7,9,11H,3-4,6,8,10H2,1-2H3. The predicted molar refractivity (Wildman–Crippen MR) is 72.2 cm³/mol. The van der Waals surface area contributed by atoms with Gasteiger partial charge in [0.15, 0.2) is 0 Å². The molecule has 0 spiro atoms. The van der Waals surface area contributed by atoms with E-state index in [9.17, 15) is 4.39 Å². The zero-order chi connectivity index (χ0) is 14.1. The van der Waals surface area contributed by atoms with Crippen LogP contribution in [0.2, 0.25) is 0 Å². The van der Waals surface area contributed by atoms with Gasteiger partial charge < -0.3 is 13.9 Å². The van der Waals surface area contributed by atoms with Gasteiger partial charge in [-0.1, -0.05) is 12.1 Å². The maximum Gasteiger partial charge on any atom is 0.272 e. The molecule has 19 heavy (non-hydrogen) atoms. The van der Waals surface area contributed by atoms with E-state index < -0.39 is 5.97 Å². The van der Waals surface area contributed by atoms with E-state index in [1.807, 2.05) is 19.9 Å². The van der Waals surface area contributed by atoms with Gasteiger partial charge in [0.1, 0.15) is 5.82 Å². The number of rotatable bonds is 9. The van der Waals surface area contributed by atoms with Crippen LogP contribution in [0.4, 0.5) is 4.39 Å². The number of halogens is 1. The average molecular weight is 283 g/mol. The molecule has 0 amide bonds. The Morgan fingerprint density at radius 1 is 1.21 bits per heavy atom. The van der Waals surface area contributed by atoms with Gasteiger partial charge in [0.05, 0.1) is 0 Å². The Balaban J connectivity index is 2.51. The molecule has 0 aromatic heterocycles. The molecule has 0 saturated heterocycles. The quantitative estimate of drug-likeness (QED) is 0.515. The molecule has 0 saturated carbocycles. The van der Waals surface area contributed by atoms with Gasteiger partial charge in [0, 0.05) is 19.6 Å². The van der Waals surface area contributed by atoms with Crippen molar-refractivity contribution in [2.75, 3.05) is 13.2 Å². The van der Waals surface area contributed by atoms with Crippen LogP contribution in [0.1, 0.15) is 32.3 Å². The second kappa shape index (κ2) is 8.42. The van der Waals surface area contributed by atoms with Crippen molar-refractivity contribution in [2.24, 2.45) is 0 Å². The highest BCUT2D eigenvalue weighted by Crippen LogP contribution is 2.22. The summed E-state index contributed by atoms with van der Waals surface area (Å²) in [6.45, 7) is 4.74. The average Bonchev–Trinajstić information content (AvgIpc) is 2.39. The summed E-state index contributed by atoms with van der Waals surface area (Å²) in [5.41, 5.74) is 0.954. The molecule has 0 heterocycles. The lowest BCUT2D eigenvalue weighted by atomic mass is 10.1. The molecule has 105 valence electrons. The molecule has 0 aliphatic rings. The molecule has 0 fully saturated rings. The summed E-state index contributed by atoms with van der Waals surface area (Å²) in [7, 11) is 3.01. The second-order valence-corrected chi connectivity index (χ2v) is 4.34. The SMILES string of the molecule is CCOC(CCCc1cccc(F)c1)(O[Si])OCC. The van der Waals surface area contributed by atoms with Crippen LogP contribution in [0.25, 0.3) is 0 Å². The van der Waals surface area contributed by atoms with Gasteiger partial charge >= 0.3 is 0 Å². The van der Waals surface area contributed by atoms with Crippen molar-refractivity contribution < 1.29 is 18.3 Å². The van der Waals surface area contributed by atoms with Crippen LogP contribution in [0.5, 0.6) is 0 Å². The first-order valence-corrected chi connectivity index (χ1v) is 6.93. The molecule has 0 bridgehead atoms. The van der Waals surface area contributed by atoms with E-state index in [1.54, 1.807) is 6.07 Å². The van der Waals surface area contributed by atoms with E-state index in [4.69, 9.17) is 13.9 Å². The van der Waals surface area contributed by atoms with Crippen LogP contribution in [-0.2, 0) is 20.3 Å². The smallest absolute Gasteiger partial charge is 0.272 e. The normalized spacial score (nSPS) is 11.8. The largest absolute Gasteiger partial charge is 0.371 e. The Bertz CT molecular complexity index is 367. The molecule has 3 radical (unpaired) electrons. The summed E-state index contributed by atoms with van der Waals surface area (Å²) in [5.74, 6) is -1.27. The molecule has 1 aromatic rings. The first kappa shape index (κ1) is 16.3. The Morgan fingerprint density at radius 2 is 1.89 bits per heavy atom. The summed E-state index contributed by atoms with van der Waals surface area (Å²) in [4.78, 5) is 0. The number of hydrogen-bond donors (Lipinski definition) is 0. The number of aryl methyl sites for hydroxylation is 1. The highest BCUT2D eigenvalue weighted by Gasteiger charge is 2.30. The van der Waals surface area contributed by atoms with Crippen LogP contribution in [0, 0.1) is 5.82 Å². The van der Waals surface area contributed by atoms with Crippen LogP contribution < -0.4 is 0 Å². The number of ether oxygens (including phenoxy) is 2. The third-order valence-corrected chi connectivity index (χ3v) is 3.03. The minimum Gasteiger partial charge on any atom is -0.371 e. The summed E-state index contributed by atoms with van der Waals surface area (Å²) in [6, 6.07) is 6.59. The van der Waals surface area contributed by atoms with E-state index in [-0.39, 0.29) is 5.82 Å². The zero-order valence-electron chi connectivity index (χ0n) is 11.4. The first-order valence-electron chi connectivity index (χ1n) is 6.53. The summed E-state index contributed by atoms with van der Waals surface area (Å²) >= 11 is 0. The third kappa shape index (κ3) is 5.40. The molecule has 5 heteroatoms. The van der Waals surface area contributed by atoms with Crippen LogP contribution in [0.15, 0.2) is 24.3 Å². The van der Waals surface area contributed by atoms with Crippen molar-refractivity contribution >= 4 is 10.5 Å². The van der Waals surface area contributed by atoms with E-state index in [0.29, 0.717) is 19.6 Å². The molecule has 0 atom stereocenters. The van der Waals surface area contributed by atoms with Crippen molar-refractivity contribution in [3.63, 3.8) is 0 Å². The number of benzene rings is 1. The van der Waals surface area contributed by atoms with E-state index >= 15 is 0 Å². The summed E-state index contributed by atoms with van der Waals surface area (Å²) in [6.07, 6.45) is 2.08. The van der Waals surface area contributed by atoms with Gasteiger partial charge in [-0.3, -0.25) is 0 Å². The van der Waals surface area contributed by atoms with E-state index in [0.717, 1.165) is 18.4 Å². The van der Waals surface area contributed by atoms with Crippen LogP contribution in [0.3, 0.4) is 0 Å². The van der Waals surface area contributed by atoms with Gasteiger partial charge in [0.25, 0.3) is 16.5 Å². The molecular weight excluding hydrogens is 263 g/mol. The molecule has 0 unspecified atom stereocenters. The molecule has 3 nitrogen and oxygen atoms in total. The fourth-order valence-electron chi connectivity index (χ4n) is 1.94. The van der Waals surface area contributed by atoms with E-state index in [1.165, 1.54) is 12.1 Å². The Kier molecular flexibility index (Phi) is 7.23. The maximum atomic E-state index is 13.1. The highest BCUT2D eigenvalue weighted by atomic mass is 28.2. The third-order valence-electron chi connectivity index (χ3n) is 2.72. The molecule has 0 aliphatic carbocycles. The first-order chi connectivity index (χ1) is 9.15. The van der Waals surface area contributed by atoms with Crippen molar-refractivity contribution in [2.45, 2.75) is 39.1 Å². The van der Waals surface area contributed by atoms with Crippen molar-refractivity contribution in [3.8, 4) is 0 Å². The summed E-state index contributed by atoms with van der Waals surface area (Å²) in [5, 5.41) is 0. The van der Waals surface area contributed by atoms with Crippen LogP contribution in [-0.4, -0.2) is 29.7 Å². The zero-order valence-corrected chi connectivity index (χ0v) is 12.4. The number of hydrogen-bond acceptors (Lipinski definition) is 3. The maximum absolute atomic E-state index is 13.1. The molecule has 0 aliphatic heterocycles. The van der Waals surface area contributed by atoms with Crippen LogP contribution >= 0.6 is 0 Å². The topological polar surface area (TPSA) is 27.7 Å². The lowest BCUT2D eigenvalue weighted by Gasteiger charge is -2.31. The second-order valence-electron chi connectivity index (χ2n) is 4.13. The fourth-order valence-corrected chi connectivity index (χ4v) is 2.16. The van der Waals surface area contributed by atoms with Crippen molar-refractivity contribution in [1.82, 2.24) is 0 Å². The summed E-state index contributed by atoms with van der Waals surface area (Å²) < 4.78 is 29.2. The Morgan fingerprint density at radius 3 is 2.42 bits per heavy atom. The highest BCUT2D eigenvalue weighted by molar-refractivity contribution is 5.98. The van der Waals surface area contributed by atoms with Crippen molar-refractivity contribution in [1.29, 1.82) is 0 Å². The molecular formula is C14H20FO3Si. The molecule has 1 aromatic carbocycles. The Labute approximate surface area is 117 Å². The fraction of sp³-hybridized carbons (Fsp3) is 0.571. The lowest BCUT2D eigenvalue weighted by molar-refractivity contribution is -0.343.